The van der Waals surface area contributed by atoms with Crippen molar-refractivity contribution >= 4 is 11.6 Å². The smallest absolute Gasteiger partial charge is 0.123 e. The van der Waals surface area contributed by atoms with Gasteiger partial charge in [-0.25, -0.2) is 0 Å². The number of aryl methyl sites for hydroxylation is 1. The Labute approximate surface area is 108 Å². The average Bonchev–Trinajstić information content (AvgIpc) is 2.82. The molecule has 1 N–H and O–H groups in total. The van der Waals surface area contributed by atoms with Crippen LogP contribution in [-0.2, 0) is 0 Å². The van der Waals surface area contributed by atoms with Gasteiger partial charge >= 0.3 is 0 Å². The van der Waals surface area contributed by atoms with Crippen LogP contribution in [-0.4, -0.2) is 19.2 Å². The molecule has 0 aromatic heterocycles. The number of hydrogen-bond acceptors (Lipinski definition) is 2. The summed E-state index contributed by atoms with van der Waals surface area (Å²) in [5.41, 5.74) is 1.15. The molecule has 1 aliphatic rings. The highest BCUT2D eigenvalue weighted by Gasteiger charge is 2.13. The molecule has 3 heteroatoms. The first-order valence-electron chi connectivity index (χ1n) is 6.38. The molecular weight excluding hydrogens is 234 g/mol. The maximum absolute atomic E-state index is 5.94. The van der Waals surface area contributed by atoms with Crippen molar-refractivity contribution in [2.75, 3.05) is 13.2 Å². The van der Waals surface area contributed by atoms with E-state index in [2.05, 4.69) is 5.32 Å². The average molecular weight is 254 g/mol. The highest BCUT2D eigenvalue weighted by Crippen LogP contribution is 2.22. The molecule has 1 saturated heterocycles. The summed E-state index contributed by atoms with van der Waals surface area (Å²) < 4.78 is 5.77. The fourth-order valence-corrected chi connectivity index (χ4v) is 2.41. The minimum atomic E-state index is 0.707. The molecule has 0 amide bonds. The van der Waals surface area contributed by atoms with E-state index < -0.39 is 0 Å². The van der Waals surface area contributed by atoms with Gasteiger partial charge in [-0.1, -0.05) is 17.7 Å². The van der Waals surface area contributed by atoms with Gasteiger partial charge in [-0.05, 0) is 56.8 Å². The Bertz CT molecular complexity index is 361. The predicted molar refractivity (Wildman–Crippen MR) is 71.9 cm³/mol. The van der Waals surface area contributed by atoms with Crippen molar-refractivity contribution in [3.63, 3.8) is 0 Å². The van der Waals surface area contributed by atoms with Crippen molar-refractivity contribution in [1.82, 2.24) is 5.32 Å². The molecule has 17 heavy (non-hydrogen) atoms. The zero-order valence-corrected chi connectivity index (χ0v) is 11.1. The summed E-state index contributed by atoms with van der Waals surface area (Å²) in [6, 6.07) is 6.49. The summed E-state index contributed by atoms with van der Waals surface area (Å²) in [5.74, 6) is 0.914. The molecule has 0 saturated carbocycles. The van der Waals surface area contributed by atoms with Gasteiger partial charge in [-0.15, -0.1) is 0 Å². The number of rotatable bonds is 5. The Morgan fingerprint density at radius 3 is 3.12 bits per heavy atom. The molecule has 1 fully saturated rings. The zero-order valence-electron chi connectivity index (χ0n) is 10.3. The van der Waals surface area contributed by atoms with Crippen LogP contribution in [0.15, 0.2) is 18.2 Å². The lowest BCUT2D eigenvalue weighted by molar-refractivity contribution is 0.297. The summed E-state index contributed by atoms with van der Waals surface area (Å²) in [5, 5.41) is 4.24. The first kappa shape index (κ1) is 12.7. The molecule has 1 aliphatic heterocycles. The van der Waals surface area contributed by atoms with Gasteiger partial charge in [0.15, 0.2) is 0 Å². The van der Waals surface area contributed by atoms with E-state index in [1.807, 2.05) is 25.1 Å². The lowest BCUT2D eigenvalue weighted by Crippen LogP contribution is -2.21. The second kappa shape index (κ2) is 6.27. The van der Waals surface area contributed by atoms with E-state index in [9.17, 15) is 0 Å². The lowest BCUT2D eigenvalue weighted by atomic mass is 10.1. The quantitative estimate of drug-likeness (QED) is 0.811. The van der Waals surface area contributed by atoms with Gasteiger partial charge in [0.25, 0.3) is 0 Å². The molecule has 0 aliphatic carbocycles. The summed E-state index contributed by atoms with van der Waals surface area (Å²) in [6.07, 6.45) is 4.94. The third-order valence-corrected chi connectivity index (χ3v) is 3.50. The van der Waals surface area contributed by atoms with Crippen LogP contribution in [0.3, 0.4) is 0 Å². The molecule has 1 aromatic rings. The van der Waals surface area contributed by atoms with Gasteiger partial charge < -0.3 is 10.1 Å². The number of ether oxygens (including phenoxy) is 1. The topological polar surface area (TPSA) is 21.3 Å². The molecule has 2 nitrogen and oxygen atoms in total. The van der Waals surface area contributed by atoms with Crippen molar-refractivity contribution < 1.29 is 4.74 Å². The lowest BCUT2D eigenvalue weighted by Gasteiger charge is -2.12. The molecule has 0 bridgehead atoms. The normalized spacial score (nSPS) is 19.5. The second-order valence-electron chi connectivity index (χ2n) is 4.69. The van der Waals surface area contributed by atoms with E-state index in [-0.39, 0.29) is 0 Å². The second-order valence-corrected chi connectivity index (χ2v) is 5.13. The standard InChI is InChI=1S/C14H20ClNO/c1-11-6-7-12(15)10-14(11)17-9-3-5-13-4-2-8-16-13/h6-7,10,13,16H,2-5,8-9H2,1H3. The SMILES string of the molecule is Cc1ccc(Cl)cc1OCCCC1CCCN1. The van der Waals surface area contributed by atoms with Gasteiger partial charge in [0, 0.05) is 11.1 Å². The van der Waals surface area contributed by atoms with E-state index in [1.165, 1.54) is 25.8 Å². The van der Waals surface area contributed by atoms with E-state index in [0.29, 0.717) is 6.04 Å². The van der Waals surface area contributed by atoms with Crippen molar-refractivity contribution in [3.8, 4) is 5.75 Å². The van der Waals surface area contributed by atoms with Crippen LogP contribution in [0.4, 0.5) is 0 Å². The van der Waals surface area contributed by atoms with Gasteiger partial charge in [-0.2, -0.15) is 0 Å². The number of benzene rings is 1. The number of halogens is 1. The molecule has 1 atom stereocenters. The van der Waals surface area contributed by atoms with E-state index in [1.54, 1.807) is 0 Å². The van der Waals surface area contributed by atoms with Crippen molar-refractivity contribution in [1.29, 1.82) is 0 Å². The maximum atomic E-state index is 5.94. The highest BCUT2D eigenvalue weighted by molar-refractivity contribution is 6.30. The summed E-state index contributed by atoms with van der Waals surface area (Å²) in [4.78, 5) is 0. The molecule has 1 aromatic carbocycles. The number of nitrogens with one attached hydrogen (secondary N) is 1. The van der Waals surface area contributed by atoms with Crippen molar-refractivity contribution in [3.05, 3.63) is 28.8 Å². The Balaban J connectivity index is 1.72. The first-order valence-corrected chi connectivity index (χ1v) is 6.76. The van der Waals surface area contributed by atoms with Crippen LogP contribution in [0.5, 0.6) is 5.75 Å². The Morgan fingerprint density at radius 1 is 1.47 bits per heavy atom. The van der Waals surface area contributed by atoms with Crippen LogP contribution >= 0.6 is 11.6 Å². The molecule has 94 valence electrons. The van der Waals surface area contributed by atoms with Crippen LogP contribution < -0.4 is 10.1 Å². The molecule has 0 spiro atoms. The minimum Gasteiger partial charge on any atom is -0.493 e. The van der Waals surface area contributed by atoms with Crippen molar-refractivity contribution in [2.24, 2.45) is 0 Å². The van der Waals surface area contributed by atoms with Gasteiger partial charge in [0.2, 0.25) is 0 Å². The summed E-state index contributed by atoms with van der Waals surface area (Å²) in [7, 11) is 0. The number of hydrogen-bond donors (Lipinski definition) is 1. The predicted octanol–water partition coefficient (Wildman–Crippen LogP) is 3.56. The highest BCUT2D eigenvalue weighted by atomic mass is 35.5. The Morgan fingerprint density at radius 2 is 2.35 bits per heavy atom. The van der Waals surface area contributed by atoms with Gasteiger partial charge in [0.05, 0.1) is 6.61 Å². The minimum absolute atomic E-state index is 0.707. The fraction of sp³-hybridized carbons (Fsp3) is 0.571. The van der Waals surface area contributed by atoms with Crippen LogP contribution in [0, 0.1) is 6.92 Å². The summed E-state index contributed by atoms with van der Waals surface area (Å²) >= 11 is 5.94. The van der Waals surface area contributed by atoms with Crippen LogP contribution in [0.2, 0.25) is 5.02 Å². The van der Waals surface area contributed by atoms with E-state index in [4.69, 9.17) is 16.3 Å². The first-order chi connectivity index (χ1) is 8.25. The van der Waals surface area contributed by atoms with Crippen LogP contribution in [0.1, 0.15) is 31.2 Å². The third-order valence-electron chi connectivity index (χ3n) is 3.27. The Hall–Kier alpha value is -0.730. The third kappa shape index (κ3) is 3.90. The zero-order chi connectivity index (χ0) is 12.1. The monoisotopic (exact) mass is 253 g/mol. The van der Waals surface area contributed by atoms with Crippen molar-refractivity contribution in [2.45, 2.75) is 38.6 Å². The fourth-order valence-electron chi connectivity index (χ4n) is 2.24. The molecule has 0 radical (unpaired) electrons. The molecule has 1 unspecified atom stereocenters. The summed E-state index contributed by atoms with van der Waals surface area (Å²) in [6.45, 7) is 4.00. The van der Waals surface area contributed by atoms with E-state index >= 15 is 0 Å². The van der Waals surface area contributed by atoms with Gasteiger partial charge in [0.1, 0.15) is 5.75 Å². The molecular formula is C14H20ClNO. The Kier molecular flexibility index (Phi) is 4.69. The maximum Gasteiger partial charge on any atom is 0.123 e. The molecule has 1 heterocycles. The van der Waals surface area contributed by atoms with Gasteiger partial charge in [-0.3, -0.25) is 0 Å². The molecule has 2 rings (SSSR count). The largest absolute Gasteiger partial charge is 0.493 e. The van der Waals surface area contributed by atoms with E-state index in [0.717, 1.165) is 29.4 Å². The van der Waals surface area contributed by atoms with Crippen LogP contribution in [0.25, 0.3) is 0 Å².